The smallest absolute Gasteiger partial charge is 0.246 e. The lowest BCUT2D eigenvalue weighted by Crippen LogP contribution is -2.30. The highest BCUT2D eigenvalue weighted by Gasteiger charge is 2.42. The third kappa shape index (κ3) is 2.79. The van der Waals surface area contributed by atoms with Gasteiger partial charge >= 0.3 is 0 Å². The molecule has 5 nitrogen and oxygen atoms in total. The van der Waals surface area contributed by atoms with Gasteiger partial charge in [-0.15, -0.1) is 0 Å². The average Bonchev–Trinajstić information content (AvgIpc) is 3.07. The second kappa shape index (κ2) is 5.93. The summed E-state index contributed by atoms with van der Waals surface area (Å²) in [5.74, 6) is 1.12. The molecule has 0 radical (unpaired) electrons. The number of hydrogen-bond acceptors (Lipinski definition) is 4. The fourth-order valence-electron chi connectivity index (χ4n) is 3.52. The minimum Gasteiger partial charge on any atom is -0.384 e. The van der Waals surface area contributed by atoms with Crippen LogP contribution in [0.1, 0.15) is 32.6 Å². The fourth-order valence-corrected chi connectivity index (χ4v) is 5.18. The molecule has 1 aliphatic carbocycles. The number of hydrogen-bond donors (Lipinski definition) is 1. The molecule has 0 amide bonds. The van der Waals surface area contributed by atoms with Crippen LogP contribution < -0.4 is 5.32 Å². The normalized spacial score (nSPS) is 26.0. The van der Waals surface area contributed by atoms with Gasteiger partial charge in [0.25, 0.3) is 0 Å². The highest BCUT2D eigenvalue weighted by molar-refractivity contribution is 7.89. The van der Waals surface area contributed by atoms with Gasteiger partial charge in [-0.1, -0.05) is 13.3 Å². The molecular formula is C15H23N3O2S. The molecule has 116 valence electrons. The number of aromatic nitrogens is 1. The highest BCUT2D eigenvalue weighted by atomic mass is 32.2. The molecule has 1 aliphatic heterocycles. The summed E-state index contributed by atoms with van der Waals surface area (Å²) < 4.78 is 27.5. The van der Waals surface area contributed by atoms with E-state index in [4.69, 9.17) is 0 Å². The van der Waals surface area contributed by atoms with Gasteiger partial charge in [0.15, 0.2) is 0 Å². The molecule has 0 spiro atoms. The van der Waals surface area contributed by atoms with Crippen molar-refractivity contribution >= 4 is 15.7 Å². The first-order valence-electron chi connectivity index (χ1n) is 7.81. The number of nitrogens with zero attached hydrogens (tertiary/aromatic N) is 2. The lowest BCUT2D eigenvalue weighted by Gasteiger charge is -2.19. The second-order valence-corrected chi connectivity index (χ2v) is 7.98. The molecular weight excluding hydrogens is 286 g/mol. The quantitative estimate of drug-likeness (QED) is 0.907. The van der Waals surface area contributed by atoms with Crippen molar-refractivity contribution in [1.82, 2.24) is 9.29 Å². The minimum atomic E-state index is -3.43. The van der Waals surface area contributed by atoms with Gasteiger partial charge in [0.2, 0.25) is 10.0 Å². The van der Waals surface area contributed by atoms with E-state index < -0.39 is 10.0 Å². The zero-order valence-corrected chi connectivity index (χ0v) is 13.3. The topological polar surface area (TPSA) is 62.3 Å². The summed E-state index contributed by atoms with van der Waals surface area (Å²) >= 11 is 0. The van der Waals surface area contributed by atoms with Crippen LogP contribution in [0.25, 0.3) is 0 Å². The van der Waals surface area contributed by atoms with Crippen molar-refractivity contribution in [1.29, 1.82) is 0 Å². The maximum atomic E-state index is 12.9. The Hall–Kier alpha value is -1.14. The molecule has 6 heteroatoms. The predicted molar refractivity (Wildman–Crippen MR) is 82.6 cm³/mol. The zero-order chi connectivity index (χ0) is 14.9. The molecule has 2 heterocycles. The van der Waals surface area contributed by atoms with Crippen molar-refractivity contribution in [3.63, 3.8) is 0 Å². The van der Waals surface area contributed by atoms with Gasteiger partial charge < -0.3 is 5.32 Å². The summed E-state index contributed by atoms with van der Waals surface area (Å²) in [6.45, 7) is 4.17. The summed E-state index contributed by atoms with van der Waals surface area (Å²) in [6.07, 6.45) is 7.65. The molecule has 2 aliphatic rings. The molecule has 2 atom stereocenters. The van der Waals surface area contributed by atoms with Gasteiger partial charge in [0, 0.05) is 32.0 Å². The van der Waals surface area contributed by atoms with E-state index in [1.54, 1.807) is 16.6 Å². The van der Waals surface area contributed by atoms with E-state index in [9.17, 15) is 8.42 Å². The first-order valence-corrected chi connectivity index (χ1v) is 9.25. The molecule has 1 aromatic heterocycles. The van der Waals surface area contributed by atoms with E-state index in [0.717, 1.165) is 13.0 Å². The summed E-state index contributed by atoms with van der Waals surface area (Å²) in [6, 6.07) is 1.75. The van der Waals surface area contributed by atoms with Gasteiger partial charge in [-0.3, -0.25) is 4.98 Å². The van der Waals surface area contributed by atoms with Crippen LogP contribution in [-0.4, -0.2) is 37.3 Å². The van der Waals surface area contributed by atoms with Crippen molar-refractivity contribution in [2.45, 2.75) is 37.5 Å². The molecule has 0 bridgehead atoms. The van der Waals surface area contributed by atoms with E-state index in [0.29, 0.717) is 35.5 Å². The highest BCUT2D eigenvalue weighted by Crippen LogP contribution is 2.40. The van der Waals surface area contributed by atoms with Crippen LogP contribution in [0.5, 0.6) is 0 Å². The molecule has 1 saturated carbocycles. The Balaban J connectivity index is 1.85. The number of pyridine rings is 1. The summed E-state index contributed by atoms with van der Waals surface area (Å²) in [5, 5.41) is 3.20. The molecule has 0 aromatic carbocycles. The number of rotatable bonds is 5. The average molecular weight is 309 g/mol. The van der Waals surface area contributed by atoms with Crippen LogP contribution in [0.2, 0.25) is 0 Å². The predicted octanol–water partition coefficient (Wildman–Crippen LogP) is 2.32. The van der Waals surface area contributed by atoms with Crippen molar-refractivity contribution in [3.8, 4) is 0 Å². The lowest BCUT2D eigenvalue weighted by molar-refractivity contribution is 0.445. The Labute approximate surface area is 126 Å². The van der Waals surface area contributed by atoms with Gasteiger partial charge in [-0.05, 0) is 37.2 Å². The molecule has 1 N–H and O–H groups in total. The van der Waals surface area contributed by atoms with E-state index in [1.165, 1.54) is 25.5 Å². The summed E-state index contributed by atoms with van der Waals surface area (Å²) in [5.41, 5.74) is 0.670. The number of anilines is 1. The van der Waals surface area contributed by atoms with E-state index >= 15 is 0 Å². The number of nitrogens with one attached hydrogen (secondary N) is 1. The maximum Gasteiger partial charge on any atom is 0.246 e. The zero-order valence-electron chi connectivity index (χ0n) is 12.5. The van der Waals surface area contributed by atoms with Crippen LogP contribution in [0, 0.1) is 11.8 Å². The van der Waals surface area contributed by atoms with Crippen LogP contribution in [0.4, 0.5) is 5.69 Å². The van der Waals surface area contributed by atoms with Gasteiger partial charge in [0.1, 0.15) is 4.90 Å². The Kier molecular flexibility index (Phi) is 4.17. The maximum absolute atomic E-state index is 12.9. The van der Waals surface area contributed by atoms with Crippen LogP contribution in [-0.2, 0) is 10.0 Å². The largest absolute Gasteiger partial charge is 0.384 e. The summed E-state index contributed by atoms with van der Waals surface area (Å²) in [4.78, 5) is 4.34. The SMILES string of the molecule is CCCNc1ccncc1S(=O)(=O)N1CC2CCCC2C1. The van der Waals surface area contributed by atoms with Crippen LogP contribution >= 0.6 is 0 Å². The van der Waals surface area contributed by atoms with E-state index in [1.807, 2.05) is 0 Å². The standard InChI is InChI=1S/C15H23N3O2S/c1-2-7-17-14-6-8-16-9-15(14)21(19,20)18-10-12-4-3-5-13(12)11-18/h6,8-9,12-13H,2-5,7,10-11H2,1H3,(H,16,17). The third-order valence-electron chi connectivity index (χ3n) is 4.66. The fraction of sp³-hybridized carbons (Fsp3) is 0.667. The molecule has 2 fully saturated rings. The van der Waals surface area contributed by atoms with Gasteiger partial charge in [-0.2, -0.15) is 4.31 Å². The monoisotopic (exact) mass is 309 g/mol. The first-order chi connectivity index (χ1) is 10.1. The molecule has 1 aromatic rings. The van der Waals surface area contributed by atoms with Crippen molar-refractivity contribution in [2.75, 3.05) is 25.0 Å². The van der Waals surface area contributed by atoms with Crippen LogP contribution in [0.3, 0.4) is 0 Å². The Morgan fingerprint density at radius 2 is 2.05 bits per heavy atom. The Morgan fingerprint density at radius 1 is 1.33 bits per heavy atom. The van der Waals surface area contributed by atoms with Crippen molar-refractivity contribution in [2.24, 2.45) is 11.8 Å². The molecule has 21 heavy (non-hydrogen) atoms. The molecule has 3 rings (SSSR count). The van der Waals surface area contributed by atoms with Gasteiger partial charge in [0.05, 0.1) is 5.69 Å². The Morgan fingerprint density at radius 3 is 2.71 bits per heavy atom. The summed E-state index contributed by atoms with van der Waals surface area (Å²) in [7, 11) is -3.43. The van der Waals surface area contributed by atoms with Crippen molar-refractivity contribution in [3.05, 3.63) is 18.5 Å². The minimum absolute atomic E-state index is 0.318. The third-order valence-corrected chi connectivity index (χ3v) is 6.52. The second-order valence-electron chi connectivity index (χ2n) is 6.07. The molecule has 1 saturated heterocycles. The van der Waals surface area contributed by atoms with Gasteiger partial charge in [-0.25, -0.2) is 8.42 Å². The Bertz CT molecular complexity index is 591. The van der Waals surface area contributed by atoms with Crippen molar-refractivity contribution < 1.29 is 8.42 Å². The first kappa shape index (κ1) is 14.8. The number of sulfonamides is 1. The van der Waals surface area contributed by atoms with E-state index in [-0.39, 0.29) is 0 Å². The molecule has 2 unspecified atom stereocenters. The van der Waals surface area contributed by atoms with Crippen LogP contribution in [0.15, 0.2) is 23.4 Å². The number of fused-ring (bicyclic) bond motifs is 1. The lowest BCUT2D eigenvalue weighted by atomic mass is 10.0. The van der Waals surface area contributed by atoms with E-state index in [2.05, 4.69) is 17.2 Å².